The average molecular weight is 298 g/mol. The van der Waals surface area contributed by atoms with E-state index in [1.54, 1.807) is 6.07 Å². The molecule has 0 fully saturated rings. The van der Waals surface area contributed by atoms with Gasteiger partial charge < -0.3 is 14.5 Å². The summed E-state index contributed by atoms with van der Waals surface area (Å²) < 4.78 is 31.8. The van der Waals surface area contributed by atoms with Crippen molar-refractivity contribution in [3.63, 3.8) is 0 Å². The number of sulfonamides is 1. The maximum atomic E-state index is 12.3. The lowest BCUT2D eigenvalue weighted by molar-refractivity contribution is 0.0690. The molecule has 2 rings (SSSR count). The Morgan fingerprint density at radius 1 is 1.45 bits per heavy atom. The number of aryl methyl sites for hydroxylation is 1. The van der Waals surface area contributed by atoms with E-state index in [1.165, 1.54) is 26.4 Å². The highest BCUT2D eigenvalue weighted by Crippen LogP contribution is 2.23. The summed E-state index contributed by atoms with van der Waals surface area (Å²) in [5, 5.41) is 8.99. The van der Waals surface area contributed by atoms with E-state index in [0.29, 0.717) is 11.3 Å². The van der Waals surface area contributed by atoms with Crippen molar-refractivity contribution in [2.24, 2.45) is 0 Å². The van der Waals surface area contributed by atoms with Crippen LogP contribution in [0, 0.1) is 13.8 Å². The largest absolute Gasteiger partial charge is 0.477 e. The first-order valence-corrected chi connectivity index (χ1v) is 7.24. The lowest BCUT2D eigenvalue weighted by Gasteiger charge is -2.06. The van der Waals surface area contributed by atoms with Crippen LogP contribution in [-0.4, -0.2) is 24.5 Å². The van der Waals surface area contributed by atoms with Gasteiger partial charge in [0.15, 0.2) is 0 Å². The van der Waals surface area contributed by atoms with Crippen molar-refractivity contribution in [1.29, 1.82) is 0 Å². The predicted octanol–water partition coefficient (Wildman–Crippen LogP) is 1.40. The summed E-state index contributed by atoms with van der Waals surface area (Å²) in [5.74, 6) is -1.19. The molecule has 20 heavy (non-hydrogen) atoms. The van der Waals surface area contributed by atoms with E-state index in [9.17, 15) is 13.2 Å². The van der Waals surface area contributed by atoms with Crippen LogP contribution in [0.1, 0.15) is 27.3 Å². The molecule has 0 radical (unpaired) electrons. The first kappa shape index (κ1) is 14.4. The Labute approximate surface area is 115 Å². The molecule has 0 bridgehead atoms. The number of hydrogen-bond donors (Lipinski definition) is 3. The highest BCUT2D eigenvalue weighted by molar-refractivity contribution is 7.89. The monoisotopic (exact) mass is 298 g/mol. The molecule has 0 atom stereocenters. The topological polar surface area (TPSA) is 112 Å². The van der Waals surface area contributed by atoms with Crippen molar-refractivity contribution in [3.05, 3.63) is 41.1 Å². The number of hydrogen-bond acceptors (Lipinski definition) is 4. The van der Waals surface area contributed by atoms with Crippen LogP contribution in [0.5, 0.6) is 0 Å². The van der Waals surface area contributed by atoms with Gasteiger partial charge >= 0.3 is 5.97 Å². The average Bonchev–Trinajstić information content (AvgIpc) is 2.95. The minimum absolute atomic E-state index is 0.0293. The number of carboxylic acids is 1. The van der Waals surface area contributed by atoms with E-state index in [-0.39, 0.29) is 22.7 Å². The maximum Gasteiger partial charge on any atom is 0.352 e. The molecule has 0 aliphatic heterocycles. The minimum Gasteiger partial charge on any atom is -0.477 e. The molecule has 2 aromatic heterocycles. The zero-order valence-corrected chi connectivity index (χ0v) is 11.7. The van der Waals surface area contributed by atoms with E-state index < -0.39 is 16.0 Å². The molecule has 8 heteroatoms. The Kier molecular flexibility index (Phi) is 3.69. The number of aromatic nitrogens is 1. The third-order valence-corrected chi connectivity index (χ3v) is 4.57. The molecule has 2 heterocycles. The van der Waals surface area contributed by atoms with Gasteiger partial charge in [-0.1, -0.05) is 0 Å². The Balaban J connectivity index is 2.32. The quantitative estimate of drug-likeness (QED) is 0.772. The Hall–Kier alpha value is -2.06. The summed E-state index contributed by atoms with van der Waals surface area (Å²) in [6, 6.07) is 1.64. The third kappa shape index (κ3) is 2.61. The second-order valence-corrected chi connectivity index (χ2v) is 6.04. The fraction of sp³-hybridized carbons (Fsp3) is 0.250. The number of rotatable bonds is 5. The zero-order chi connectivity index (χ0) is 14.9. The summed E-state index contributed by atoms with van der Waals surface area (Å²) >= 11 is 0. The number of carbonyl (C=O) groups is 1. The van der Waals surface area contributed by atoms with Gasteiger partial charge in [0, 0.05) is 23.4 Å². The fourth-order valence-electron chi connectivity index (χ4n) is 1.99. The number of aromatic amines is 1. The van der Waals surface area contributed by atoms with Gasteiger partial charge in [0.1, 0.15) is 10.6 Å². The lowest BCUT2D eigenvalue weighted by atomic mass is 10.2. The van der Waals surface area contributed by atoms with E-state index in [0.717, 1.165) is 0 Å². The summed E-state index contributed by atoms with van der Waals surface area (Å²) in [4.78, 5) is 13.5. The Bertz CT molecular complexity index is 728. The maximum absolute atomic E-state index is 12.3. The van der Waals surface area contributed by atoms with Crippen molar-refractivity contribution in [1.82, 2.24) is 9.71 Å². The molecule has 0 aromatic carbocycles. The van der Waals surface area contributed by atoms with Gasteiger partial charge in [-0.3, -0.25) is 0 Å². The summed E-state index contributed by atoms with van der Waals surface area (Å²) in [7, 11) is -3.80. The van der Waals surface area contributed by atoms with Gasteiger partial charge in [-0.05, 0) is 19.9 Å². The third-order valence-electron chi connectivity index (χ3n) is 2.90. The van der Waals surface area contributed by atoms with Crippen molar-refractivity contribution in [2.75, 3.05) is 0 Å². The highest BCUT2D eigenvalue weighted by atomic mass is 32.2. The molecule has 0 saturated heterocycles. The number of H-pyrrole nitrogens is 1. The van der Waals surface area contributed by atoms with Crippen LogP contribution in [0.15, 0.2) is 27.9 Å². The van der Waals surface area contributed by atoms with E-state index in [1.807, 2.05) is 0 Å². The van der Waals surface area contributed by atoms with Gasteiger partial charge in [-0.2, -0.15) is 0 Å². The van der Waals surface area contributed by atoms with E-state index in [4.69, 9.17) is 9.52 Å². The van der Waals surface area contributed by atoms with Crippen LogP contribution in [0.2, 0.25) is 0 Å². The number of aromatic carboxylic acids is 1. The van der Waals surface area contributed by atoms with Crippen molar-refractivity contribution < 1.29 is 22.7 Å². The summed E-state index contributed by atoms with van der Waals surface area (Å²) in [6.45, 7) is 3.05. The van der Waals surface area contributed by atoms with E-state index >= 15 is 0 Å². The molecule has 0 spiro atoms. The van der Waals surface area contributed by atoms with Crippen LogP contribution in [0.4, 0.5) is 0 Å². The first-order chi connectivity index (χ1) is 9.33. The molecule has 0 aliphatic carbocycles. The fourth-order valence-corrected chi connectivity index (χ4v) is 3.45. The van der Waals surface area contributed by atoms with Crippen LogP contribution < -0.4 is 4.72 Å². The molecule has 2 aromatic rings. The van der Waals surface area contributed by atoms with Crippen LogP contribution in [0.25, 0.3) is 0 Å². The molecule has 0 unspecified atom stereocenters. The molecule has 108 valence electrons. The molecule has 0 amide bonds. The second-order valence-electron chi connectivity index (χ2n) is 4.34. The summed E-state index contributed by atoms with van der Waals surface area (Å²) in [6.07, 6.45) is 2.88. The predicted molar refractivity (Wildman–Crippen MR) is 70.0 cm³/mol. The molecule has 7 nitrogen and oxygen atoms in total. The highest BCUT2D eigenvalue weighted by Gasteiger charge is 2.26. The van der Waals surface area contributed by atoms with Crippen LogP contribution >= 0.6 is 0 Å². The van der Waals surface area contributed by atoms with Gasteiger partial charge in [0.05, 0.1) is 12.5 Å². The minimum atomic E-state index is -3.80. The number of furan rings is 1. The van der Waals surface area contributed by atoms with E-state index in [2.05, 4.69) is 9.71 Å². The standard InChI is InChI=1S/C12H14N2O5S/c1-7-10(12(15)16)14-8(2)11(7)20(17,18)13-5-9-3-4-19-6-9/h3-4,6,13-14H,5H2,1-2H3,(H,15,16). The molecule has 0 aliphatic rings. The smallest absolute Gasteiger partial charge is 0.352 e. The van der Waals surface area contributed by atoms with Crippen molar-refractivity contribution in [3.8, 4) is 0 Å². The van der Waals surface area contributed by atoms with Gasteiger partial charge in [0.25, 0.3) is 0 Å². The molecular formula is C12H14N2O5S. The van der Waals surface area contributed by atoms with Crippen LogP contribution in [0.3, 0.4) is 0 Å². The van der Waals surface area contributed by atoms with Gasteiger partial charge in [0.2, 0.25) is 10.0 Å². The molecule has 3 N–H and O–H groups in total. The molecular weight excluding hydrogens is 284 g/mol. The second kappa shape index (κ2) is 5.14. The Morgan fingerprint density at radius 3 is 2.65 bits per heavy atom. The lowest BCUT2D eigenvalue weighted by Crippen LogP contribution is -2.24. The zero-order valence-electron chi connectivity index (χ0n) is 10.9. The van der Waals surface area contributed by atoms with Crippen molar-refractivity contribution >= 4 is 16.0 Å². The number of carboxylic acid groups (broad SMARTS) is 1. The summed E-state index contributed by atoms with van der Waals surface area (Å²) in [5.41, 5.74) is 1.04. The number of nitrogens with one attached hydrogen (secondary N) is 2. The van der Waals surface area contributed by atoms with Crippen LogP contribution in [-0.2, 0) is 16.6 Å². The van der Waals surface area contributed by atoms with Gasteiger partial charge in [-0.15, -0.1) is 0 Å². The van der Waals surface area contributed by atoms with Crippen molar-refractivity contribution in [2.45, 2.75) is 25.3 Å². The normalized spacial score (nSPS) is 11.7. The first-order valence-electron chi connectivity index (χ1n) is 5.76. The van der Waals surface area contributed by atoms with Gasteiger partial charge in [-0.25, -0.2) is 17.9 Å². The SMILES string of the molecule is Cc1[nH]c(C(=O)O)c(C)c1S(=O)(=O)NCc1ccoc1. The molecule has 0 saturated carbocycles. The Morgan fingerprint density at radius 2 is 2.15 bits per heavy atom.